The van der Waals surface area contributed by atoms with Gasteiger partial charge in [0.1, 0.15) is 0 Å². The molecule has 1 aromatic heterocycles. The number of rotatable bonds is 6. The molecule has 2 heterocycles. The highest BCUT2D eigenvalue weighted by atomic mass is 32.1. The second kappa shape index (κ2) is 6.45. The lowest BCUT2D eigenvalue weighted by Crippen LogP contribution is -2.40. The van der Waals surface area contributed by atoms with Gasteiger partial charge in [0.2, 0.25) is 0 Å². The third-order valence-electron chi connectivity index (χ3n) is 3.55. The van der Waals surface area contributed by atoms with Crippen LogP contribution < -0.4 is 5.32 Å². The first-order valence-corrected chi connectivity index (χ1v) is 7.63. The molecule has 19 heavy (non-hydrogen) atoms. The van der Waals surface area contributed by atoms with E-state index in [1.165, 1.54) is 24.2 Å². The first kappa shape index (κ1) is 14.4. The van der Waals surface area contributed by atoms with Crippen molar-refractivity contribution in [1.82, 2.24) is 10.2 Å². The minimum atomic E-state index is -0.313. The highest BCUT2D eigenvalue weighted by molar-refractivity contribution is 7.13. The summed E-state index contributed by atoms with van der Waals surface area (Å²) in [5, 5.41) is 16.3. The third kappa shape index (κ3) is 3.99. The normalized spacial score (nSPS) is 19.5. The van der Waals surface area contributed by atoms with E-state index >= 15 is 0 Å². The molecule has 1 N–H and O–H groups in total. The topological polar surface area (TPSA) is 58.4 Å². The monoisotopic (exact) mass is 283 g/mol. The first-order chi connectivity index (χ1) is 9.06. The molecule has 0 spiro atoms. The van der Waals surface area contributed by atoms with Crippen LogP contribution >= 0.6 is 11.3 Å². The van der Waals surface area contributed by atoms with Gasteiger partial charge >= 0.3 is 5.00 Å². The zero-order valence-corrected chi connectivity index (χ0v) is 12.3. The van der Waals surface area contributed by atoms with Crippen molar-refractivity contribution in [2.24, 2.45) is 0 Å². The summed E-state index contributed by atoms with van der Waals surface area (Å²) in [4.78, 5) is 12.8. The highest BCUT2D eigenvalue weighted by Crippen LogP contribution is 2.24. The molecule has 106 valence electrons. The molecule has 1 aromatic rings. The Morgan fingerprint density at radius 1 is 1.63 bits per heavy atom. The average Bonchev–Trinajstić information content (AvgIpc) is 2.98. The van der Waals surface area contributed by atoms with Crippen molar-refractivity contribution in [3.63, 3.8) is 0 Å². The lowest BCUT2D eigenvalue weighted by Gasteiger charge is -2.28. The molecule has 1 fully saturated rings. The van der Waals surface area contributed by atoms with E-state index < -0.39 is 0 Å². The van der Waals surface area contributed by atoms with Crippen LogP contribution in [0.3, 0.4) is 0 Å². The molecular formula is C13H21N3O2S. The molecule has 1 saturated heterocycles. The molecule has 1 unspecified atom stereocenters. The van der Waals surface area contributed by atoms with Crippen LogP contribution in [0.4, 0.5) is 5.00 Å². The Kier molecular flexibility index (Phi) is 4.90. The van der Waals surface area contributed by atoms with Crippen molar-refractivity contribution < 1.29 is 4.92 Å². The summed E-state index contributed by atoms with van der Waals surface area (Å²) in [7, 11) is 0. The van der Waals surface area contributed by atoms with E-state index in [4.69, 9.17) is 0 Å². The number of hydrogen-bond donors (Lipinski definition) is 1. The summed E-state index contributed by atoms with van der Waals surface area (Å²) in [6.07, 6.45) is 2.48. The largest absolute Gasteiger partial charge is 0.324 e. The Morgan fingerprint density at radius 2 is 2.42 bits per heavy atom. The quantitative estimate of drug-likeness (QED) is 0.644. The molecule has 1 atom stereocenters. The van der Waals surface area contributed by atoms with Gasteiger partial charge in [-0.25, -0.2) is 0 Å². The van der Waals surface area contributed by atoms with E-state index in [-0.39, 0.29) is 9.92 Å². The molecule has 5 nitrogen and oxygen atoms in total. The fourth-order valence-electron chi connectivity index (χ4n) is 2.43. The van der Waals surface area contributed by atoms with Crippen LogP contribution in [0.2, 0.25) is 0 Å². The predicted molar refractivity (Wildman–Crippen MR) is 77.5 cm³/mol. The maximum Gasteiger partial charge on any atom is 0.324 e. The van der Waals surface area contributed by atoms with Crippen molar-refractivity contribution in [3.05, 3.63) is 27.1 Å². The Hall–Kier alpha value is -0.980. The van der Waals surface area contributed by atoms with Gasteiger partial charge in [-0.15, -0.1) is 0 Å². The van der Waals surface area contributed by atoms with Crippen LogP contribution in [0.5, 0.6) is 0 Å². The van der Waals surface area contributed by atoms with E-state index in [0.717, 1.165) is 25.2 Å². The number of nitrogens with zero attached hydrogens (tertiary/aromatic N) is 2. The summed E-state index contributed by atoms with van der Waals surface area (Å²) >= 11 is 1.21. The summed E-state index contributed by atoms with van der Waals surface area (Å²) in [6.45, 7) is 7.27. The lowest BCUT2D eigenvalue weighted by molar-refractivity contribution is -0.380. The molecule has 6 heteroatoms. The van der Waals surface area contributed by atoms with E-state index in [2.05, 4.69) is 24.1 Å². The van der Waals surface area contributed by atoms with Crippen LogP contribution in [-0.2, 0) is 6.54 Å². The van der Waals surface area contributed by atoms with Crippen LogP contribution in [0.1, 0.15) is 32.3 Å². The Labute approximate surface area is 117 Å². The minimum Gasteiger partial charge on any atom is -0.313 e. The summed E-state index contributed by atoms with van der Waals surface area (Å²) in [6, 6.07) is 2.71. The molecule has 1 aliphatic rings. The summed E-state index contributed by atoms with van der Waals surface area (Å²) in [5.41, 5.74) is 1.04. The maximum atomic E-state index is 10.7. The van der Waals surface area contributed by atoms with E-state index in [1.54, 1.807) is 6.07 Å². The Bertz CT molecular complexity index is 427. The second-order valence-corrected chi connectivity index (χ2v) is 6.26. The molecule has 1 aliphatic heterocycles. The van der Waals surface area contributed by atoms with Crippen molar-refractivity contribution in [2.75, 3.05) is 13.1 Å². The summed E-state index contributed by atoms with van der Waals surface area (Å²) in [5.74, 6) is 0. The molecule has 0 radical (unpaired) electrons. The predicted octanol–water partition coefficient (Wildman–Crippen LogP) is 2.62. The molecule has 0 bridgehead atoms. The van der Waals surface area contributed by atoms with Gasteiger partial charge in [-0.3, -0.25) is 15.0 Å². The minimum absolute atomic E-state index is 0.234. The van der Waals surface area contributed by atoms with Crippen LogP contribution in [0, 0.1) is 10.1 Å². The van der Waals surface area contributed by atoms with Crippen LogP contribution in [-0.4, -0.2) is 35.0 Å². The lowest BCUT2D eigenvalue weighted by atomic mass is 10.1. The molecule has 0 aliphatic carbocycles. The van der Waals surface area contributed by atoms with Crippen molar-refractivity contribution in [3.8, 4) is 0 Å². The smallest absolute Gasteiger partial charge is 0.313 e. The van der Waals surface area contributed by atoms with Gasteiger partial charge in [0.25, 0.3) is 0 Å². The SMILES string of the molecule is CC(C)N(Cc1csc([N+](=O)[O-])c1)CC1CCCN1. The van der Waals surface area contributed by atoms with Gasteiger partial charge in [0.05, 0.1) is 4.92 Å². The highest BCUT2D eigenvalue weighted by Gasteiger charge is 2.20. The van der Waals surface area contributed by atoms with E-state index in [9.17, 15) is 10.1 Å². The summed E-state index contributed by atoms with van der Waals surface area (Å²) < 4.78 is 0. The standard InChI is InChI=1S/C13H21N3O2S/c1-10(2)15(8-12-4-3-5-14-12)7-11-6-13(16(17)18)19-9-11/h6,9-10,12,14H,3-5,7-8H2,1-2H3. The number of nitro groups is 1. The zero-order chi connectivity index (χ0) is 13.8. The van der Waals surface area contributed by atoms with Gasteiger partial charge in [0.15, 0.2) is 0 Å². The number of hydrogen-bond acceptors (Lipinski definition) is 5. The fraction of sp³-hybridized carbons (Fsp3) is 0.692. The maximum absolute atomic E-state index is 10.7. The van der Waals surface area contributed by atoms with Crippen molar-refractivity contribution in [1.29, 1.82) is 0 Å². The molecule has 0 saturated carbocycles. The second-order valence-electron chi connectivity index (χ2n) is 5.37. The number of nitrogens with one attached hydrogen (secondary N) is 1. The van der Waals surface area contributed by atoms with E-state index in [1.807, 2.05) is 5.38 Å². The van der Waals surface area contributed by atoms with Gasteiger partial charge in [-0.2, -0.15) is 0 Å². The average molecular weight is 283 g/mol. The van der Waals surface area contributed by atoms with Gasteiger partial charge in [0, 0.05) is 36.6 Å². The molecule has 0 amide bonds. The number of thiophene rings is 1. The molecular weight excluding hydrogens is 262 g/mol. The van der Waals surface area contributed by atoms with Gasteiger partial charge < -0.3 is 5.32 Å². The van der Waals surface area contributed by atoms with Crippen molar-refractivity contribution in [2.45, 2.75) is 45.3 Å². The van der Waals surface area contributed by atoms with Crippen LogP contribution in [0.15, 0.2) is 11.4 Å². The van der Waals surface area contributed by atoms with Crippen LogP contribution in [0.25, 0.3) is 0 Å². The molecule has 2 rings (SSSR count). The van der Waals surface area contributed by atoms with Gasteiger partial charge in [-0.05, 0) is 38.8 Å². The zero-order valence-electron chi connectivity index (χ0n) is 11.5. The Morgan fingerprint density at radius 3 is 2.95 bits per heavy atom. The van der Waals surface area contributed by atoms with E-state index in [0.29, 0.717) is 12.1 Å². The molecule has 0 aromatic carbocycles. The van der Waals surface area contributed by atoms with Crippen molar-refractivity contribution >= 4 is 16.3 Å². The first-order valence-electron chi connectivity index (χ1n) is 6.75. The fourth-order valence-corrected chi connectivity index (χ4v) is 3.15. The Balaban J connectivity index is 1.96. The third-order valence-corrected chi connectivity index (χ3v) is 4.48. The van der Waals surface area contributed by atoms with Gasteiger partial charge in [-0.1, -0.05) is 11.3 Å².